The van der Waals surface area contributed by atoms with Crippen molar-refractivity contribution in [1.82, 2.24) is 30.0 Å². The summed E-state index contributed by atoms with van der Waals surface area (Å²) in [5.74, 6) is 1.35. The quantitative estimate of drug-likeness (QED) is 0.329. The third kappa shape index (κ3) is 5.08. The molecule has 0 radical (unpaired) electrons. The number of nitrogens with zero attached hydrogens (tertiary/aromatic N) is 6. The Hall–Kier alpha value is -3.37. The maximum atomic E-state index is 12.5. The van der Waals surface area contributed by atoms with E-state index in [1.165, 1.54) is 0 Å². The molecule has 1 aliphatic rings. The Bertz CT molecular complexity index is 1510. The lowest BCUT2D eigenvalue weighted by Crippen LogP contribution is -2.50. The molecule has 0 bridgehead atoms. The molecule has 1 aliphatic heterocycles. The van der Waals surface area contributed by atoms with Crippen LogP contribution in [-0.2, 0) is 4.74 Å². The Morgan fingerprint density at radius 2 is 1.76 bits per heavy atom. The molecule has 1 aromatic carbocycles. The molecule has 194 valence electrons. The summed E-state index contributed by atoms with van der Waals surface area (Å²) in [6.45, 7) is 11.4. The molecule has 0 unspecified atom stereocenters. The van der Waals surface area contributed by atoms with Gasteiger partial charge in [0.2, 0.25) is 11.2 Å². The fraction of sp³-hybridized carbons (Fsp3) is 0.400. The molecule has 4 heterocycles. The molecule has 10 nitrogen and oxygen atoms in total. The van der Waals surface area contributed by atoms with E-state index in [9.17, 15) is 4.79 Å². The minimum Gasteiger partial charge on any atom is -0.444 e. The lowest BCUT2D eigenvalue weighted by atomic mass is 10.1. The van der Waals surface area contributed by atoms with Crippen molar-refractivity contribution >= 4 is 56.9 Å². The molecule has 0 spiro atoms. The van der Waals surface area contributed by atoms with E-state index in [4.69, 9.17) is 32.7 Å². The van der Waals surface area contributed by atoms with Gasteiger partial charge in [0, 0.05) is 31.9 Å². The van der Waals surface area contributed by atoms with Crippen LogP contribution in [0.4, 0.5) is 10.6 Å². The number of aromatic amines is 1. The molecule has 4 aromatic rings. The minimum absolute atomic E-state index is 0.0661. The number of anilines is 1. The van der Waals surface area contributed by atoms with Crippen molar-refractivity contribution in [3.05, 3.63) is 39.9 Å². The van der Waals surface area contributed by atoms with E-state index in [2.05, 4.69) is 30.0 Å². The number of amides is 1. The summed E-state index contributed by atoms with van der Waals surface area (Å²) in [4.78, 5) is 29.9. The van der Waals surface area contributed by atoms with Gasteiger partial charge in [-0.25, -0.2) is 14.8 Å². The van der Waals surface area contributed by atoms with Crippen LogP contribution in [0.15, 0.2) is 18.3 Å². The number of carbonyl (C=O) groups is 1. The lowest BCUT2D eigenvalue weighted by Gasteiger charge is -2.36. The zero-order valence-electron chi connectivity index (χ0n) is 21.2. The molecule has 37 heavy (non-hydrogen) atoms. The van der Waals surface area contributed by atoms with Crippen LogP contribution in [0.3, 0.4) is 0 Å². The molecule has 1 fully saturated rings. The van der Waals surface area contributed by atoms with Crippen LogP contribution in [0.25, 0.3) is 21.8 Å². The zero-order chi connectivity index (χ0) is 26.5. The number of fused-ring (bicyclic) bond motifs is 2. The molecule has 1 N–H and O–H groups in total. The van der Waals surface area contributed by atoms with E-state index in [-0.39, 0.29) is 17.3 Å². The van der Waals surface area contributed by atoms with Crippen molar-refractivity contribution in [3.63, 3.8) is 0 Å². The van der Waals surface area contributed by atoms with Crippen LogP contribution in [0, 0.1) is 13.8 Å². The van der Waals surface area contributed by atoms with Crippen molar-refractivity contribution in [3.8, 4) is 11.6 Å². The third-order valence-corrected chi connectivity index (χ3v) is 6.62. The predicted octanol–water partition coefficient (Wildman–Crippen LogP) is 5.67. The smallest absolute Gasteiger partial charge is 0.410 e. The average Bonchev–Trinajstić information content (AvgIpc) is 3.29. The Morgan fingerprint density at radius 1 is 1.03 bits per heavy atom. The molecule has 12 heteroatoms. The van der Waals surface area contributed by atoms with Crippen LogP contribution >= 0.6 is 23.2 Å². The van der Waals surface area contributed by atoms with Crippen molar-refractivity contribution in [2.24, 2.45) is 0 Å². The van der Waals surface area contributed by atoms with E-state index in [1.54, 1.807) is 11.1 Å². The first kappa shape index (κ1) is 25.3. The zero-order valence-corrected chi connectivity index (χ0v) is 22.7. The predicted molar refractivity (Wildman–Crippen MR) is 143 cm³/mol. The number of aryl methyl sites for hydroxylation is 2. The summed E-state index contributed by atoms with van der Waals surface area (Å²) in [6, 6.07) is 3.81. The Labute approximate surface area is 223 Å². The number of carbonyl (C=O) groups excluding carboxylic acids is 1. The molecule has 5 rings (SSSR count). The maximum absolute atomic E-state index is 12.5. The Kier molecular flexibility index (Phi) is 6.49. The van der Waals surface area contributed by atoms with Crippen LogP contribution in [0.5, 0.6) is 11.6 Å². The largest absolute Gasteiger partial charge is 0.444 e. The Balaban J connectivity index is 1.50. The fourth-order valence-corrected chi connectivity index (χ4v) is 4.64. The van der Waals surface area contributed by atoms with Crippen molar-refractivity contribution in [2.75, 3.05) is 31.1 Å². The number of hydrogen-bond acceptors (Lipinski definition) is 8. The summed E-state index contributed by atoms with van der Waals surface area (Å²) in [7, 11) is 0. The first-order valence-electron chi connectivity index (χ1n) is 11.9. The van der Waals surface area contributed by atoms with Crippen LogP contribution in [0.2, 0.25) is 10.3 Å². The summed E-state index contributed by atoms with van der Waals surface area (Å²) in [5, 5.41) is 9.06. The van der Waals surface area contributed by atoms with Crippen molar-refractivity contribution < 1.29 is 14.3 Å². The standard InChI is InChI=1S/C25H27Cl2N7O3/c1-13-10-17-16(12-28-32-17)20(18(13)26)36-22-19-15(11-14(2)29-22)21(31-23(27)30-19)33-6-8-34(9-7-33)24(35)37-25(3,4)5/h10-12H,6-9H2,1-5H3,(H,28,32). The second-order valence-electron chi connectivity index (χ2n) is 10.0. The van der Waals surface area contributed by atoms with Crippen LogP contribution in [-0.4, -0.2) is 67.9 Å². The van der Waals surface area contributed by atoms with Crippen molar-refractivity contribution in [2.45, 2.75) is 40.2 Å². The number of pyridine rings is 1. The van der Waals surface area contributed by atoms with Gasteiger partial charge in [-0.3, -0.25) is 5.10 Å². The Morgan fingerprint density at radius 3 is 2.46 bits per heavy atom. The van der Waals surface area contributed by atoms with Gasteiger partial charge in [-0.1, -0.05) is 11.6 Å². The van der Waals surface area contributed by atoms with Gasteiger partial charge < -0.3 is 19.3 Å². The molecular weight excluding hydrogens is 517 g/mol. The highest BCUT2D eigenvalue weighted by atomic mass is 35.5. The topological polar surface area (TPSA) is 109 Å². The SMILES string of the molecule is Cc1cc2c(N3CCN(C(=O)OC(C)(C)C)CC3)nc(Cl)nc2c(Oc2c(Cl)c(C)cc3[nH]ncc23)n1. The van der Waals surface area contributed by atoms with E-state index in [1.807, 2.05) is 46.8 Å². The minimum atomic E-state index is -0.548. The van der Waals surface area contributed by atoms with E-state index in [0.29, 0.717) is 54.0 Å². The summed E-state index contributed by atoms with van der Waals surface area (Å²) in [5.41, 5.74) is 2.26. The van der Waals surface area contributed by atoms with Gasteiger partial charge in [0.05, 0.1) is 27.5 Å². The van der Waals surface area contributed by atoms with Gasteiger partial charge in [0.25, 0.3) is 0 Å². The van der Waals surface area contributed by atoms with E-state index in [0.717, 1.165) is 21.9 Å². The second-order valence-corrected chi connectivity index (χ2v) is 10.7. The van der Waals surface area contributed by atoms with Crippen molar-refractivity contribution in [1.29, 1.82) is 0 Å². The molecule has 0 saturated carbocycles. The van der Waals surface area contributed by atoms with Gasteiger partial charge in [-0.2, -0.15) is 10.1 Å². The van der Waals surface area contributed by atoms with Gasteiger partial charge in [0.1, 0.15) is 16.9 Å². The highest BCUT2D eigenvalue weighted by Gasteiger charge is 2.28. The maximum Gasteiger partial charge on any atom is 0.410 e. The number of ether oxygens (including phenoxy) is 2. The molecule has 3 aromatic heterocycles. The second kappa shape index (κ2) is 9.50. The number of nitrogens with one attached hydrogen (secondary N) is 1. The van der Waals surface area contributed by atoms with Gasteiger partial charge in [-0.05, 0) is 63.9 Å². The number of aromatic nitrogens is 5. The average molecular weight is 544 g/mol. The first-order valence-corrected chi connectivity index (χ1v) is 12.6. The number of rotatable bonds is 3. The van der Waals surface area contributed by atoms with Gasteiger partial charge in [0.15, 0.2) is 5.75 Å². The third-order valence-electron chi connectivity index (χ3n) is 5.98. The van der Waals surface area contributed by atoms with E-state index < -0.39 is 5.60 Å². The van der Waals surface area contributed by atoms with E-state index >= 15 is 0 Å². The van der Waals surface area contributed by atoms with Gasteiger partial charge >= 0.3 is 6.09 Å². The highest BCUT2D eigenvalue weighted by Crippen LogP contribution is 2.40. The number of piperazine rings is 1. The lowest BCUT2D eigenvalue weighted by molar-refractivity contribution is 0.0240. The van der Waals surface area contributed by atoms with Crippen LogP contribution in [0.1, 0.15) is 32.0 Å². The first-order chi connectivity index (χ1) is 17.5. The molecule has 1 amide bonds. The molecule has 1 saturated heterocycles. The monoisotopic (exact) mass is 543 g/mol. The number of hydrogen-bond donors (Lipinski definition) is 1. The highest BCUT2D eigenvalue weighted by molar-refractivity contribution is 6.34. The summed E-state index contributed by atoms with van der Waals surface area (Å²) < 4.78 is 11.8. The summed E-state index contributed by atoms with van der Waals surface area (Å²) >= 11 is 13.0. The fourth-order valence-electron chi connectivity index (χ4n) is 4.28. The normalized spacial score (nSPS) is 14.5. The van der Waals surface area contributed by atoms with Crippen LogP contribution < -0.4 is 9.64 Å². The molecule has 0 atom stereocenters. The molecule has 0 aliphatic carbocycles. The number of H-pyrrole nitrogens is 1. The van der Waals surface area contributed by atoms with Gasteiger partial charge in [-0.15, -0.1) is 0 Å². The number of halogens is 2. The molecular formula is C25H27Cl2N7O3. The summed E-state index contributed by atoms with van der Waals surface area (Å²) in [6.07, 6.45) is 1.33. The number of benzene rings is 1.